The normalized spacial score (nSPS) is 16.1. The summed E-state index contributed by atoms with van der Waals surface area (Å²) < 4.78 is 11.7. The van der Waals surface area contributed by atoms with Gasteiger partial charge in [0, 0.05) is 24.2 Å². The molecule has 2 N–H and O–H groups in total. The molecule has 1 unspecified atom stereocenters. The molecule has 2 heterocycles. The molecule has 0 radical (unpaired) electrons. The molecule has 1 aliphatic heterocycles. The number of nitrogens with one attached hydrogen (secondary N) is 2. The number of hydrogen-bond donors (Lipinski definition) is 2. The number of carbonyl (C=O) groups excluding carboxylic acids is 2. The van der Waals surface area contributed by atoms with Gasteiger partial charge in [-0.15, -0.1) is 5.10 Å². The maximum atomic E-state index is 13.2. The zero-order valence-corrected chi connectivity index (χ0v) is 17.0. The zero-order valence-electron chi connectivity index (χ0n) is 17.0. The van der Waals surface area contributed by atoms with E-state index < -0.39 is 17.5 Å². The third-order valence-corrected chi connectivity index (χ3v) is 5.18. The van der Waals surface area contributed by atoms with Crippen molar-refractivity contribution in [2.24, 2.45) is 0 Å². The van der Waals surface area contributed by atoms with Gasteiger partial charge in [0.1, 0.15) is 23.1 Å². The first-order valence-corrected chi connectivity index (χ1v) is 9.68. The molecule has 0 saturated carbocycles. The van der Waals surface area contributed by atoms with E-state index in [0.717, 1.165) is 10.2 Å². The van der Waals surface area contributed by atoms with E-state index in [1.807, 2.05) is 6.07 Å². The van der Waals surface area contributed by atoms with Crippen LogP contribution in [0.4, 0.5) is 5.69 Å². The molecule has 31 heavy (non-hydrogen) atoms. The quantitative estimate of drug-likeness (QED) is 0.570. The number of rotatable bonds is 6. The van der Waals surface area contributed by atoms with Crippen LogP contribution in [0.25, 0.3) is 10.9 Å². The molecular weight excluding hydrogens is 402 g/mol. The predicted molar refractivity (Wildman–Crippen MR) is 112 cm³/mol. The van der Waals surface area contributed by atoms with E-state index in [1.165, 1.54) is 0 Å². The summed E-state index contributed by atoms with van der Waals surface area (Å²) >= 11 is 0. The van der Waals surface area contributed by atoms with Crippen molar-refractivity contribution in [3.05, 3.63) is 52.3 Å². The van der Waals surface area contributed by atoms with Crippen molar-refractivity contribution in [3.63, 3.8) is 0 Å². The summed E-state index contributed by atoms with van der Waals surface area (Å²) in [6.45, 7) is 0.361. The number of aromatic nitrogens is 3. The first-order valence-electron chi connectivity index (χ1n) is 9.68. The molecule has 1 aromatic heterocycles. The Morgan fingerprint density at radius 1 is 1.16 bits per heavy atom. The van der Waals surface area contributed by atoms with Crippen LogP contribution in [0.1, 0.15) is 24.4 Å². The molecule has 1 atom stereocenters. The highest BCUT2D eigenvalue weighted by Gasteiger charge is 2.30. The molecule has 0 spiro atoms. The first-order chi connectivity index (χ1) is 15.0. The van der Waals surface area contributed by atoms with E-state index in [2.05, 4.69) is 20.9 Å². The van der Waals surface area contributed by atoms with Crippen molar-refractivity contribution in [2.45, 2.75) is 25.4 Å². The topological polar surface area (TPSA) is 124 Å². The lowest BCUT2D eigenvalue weighted by Crippen LogP contribution is -2.45. The van der Waals surface area contributed by atoms with Crippen molar-refractivity contribution >= 4 is 28.4 Å². The number of amides is 2. The minimum atomic E-state index is -0.881. The lowest BCUT2D eigenvalue weighted by Gasteiger charge is -2.21. The number of ether oxygens (including phenoxy) is 2. The molecule has 3 aromatic rings. The highest BCUT2D eigenvalue weighted by Crippen LogP contribution is 2.26. The van der Waals surface area contributed by atoms with Gasteiger partial charge in [-0.1, -0.05) is 11.3 Å². The highest BCUT2D eigenvalue weighted by atomic mass is 16.5. The van der Waals surface area contributed by atoms with Crippen molar-refractivity contribution in [1.29, 1.82) is 0 Å². The number of piperidine rings is 1. The van der Waals surface area contributed by atoms with E-state index in [1.54, 1.807) is 44.6 Å². The Morgan fingerprint density at radius 3 is 2.74 bits per heavy atom. The standard InChI is InChI=1S/C21H21N5O5/c1-30-13-6-8-17(31-2)12(10-13)11-22-14-4-3-5-15-19(14)21(29)26(25-24-15)16-7-9-18(27)23-20(16)28/h3-6,8,10,16,22H,7,9,11H2,1-2H3,(H,23,27,28). The van der Waals surface area contributed by atoms with Gasteiger partial charge in [0.05, 0.1) is 19.6 Å². The molecule has 2 aromatic carbocycles. The second-order valence-corrected chi connectivity index (χ2v) is 7.04. The number of nitrogens with zero attached hydrogens (tertiary/aromatic N) is 3. The molecule has 1 saturated heterocycles. The summed E-state index contributed by atoms with van der Waals surface area (Å²) in [5, 5.41) is 13.8. The van der Waals surface area contributed by atoms with Gasteiger partial charge in [-0.25, -0.2) is 0 Å². The van der Waals surface area contributed by atoms with Gasteiger partial charge in [0.25, 0.3) is 11.5 Å². The molecular formula is C21H21N5O5. The third kappa shape index (κ3) is 3.91. The van der Waals surface area contributed by atoms with Crippen LogP contribution in [0, 0.1) is 0 Å². The number of anilines is 1. The molecule has 1 fully saturated rings. The number of imide groups is 1. The van der Waals surface area contributed by atoms with Gasteiger partial charge in [-0.05, 0) is 36.8 Å². The number of fused-ring (bicyclic) bond motifs is 1. The molecule has 160 valence electrons. The monoisotopic (exact) mass is 423 g/mol. The molecule has 0 aliphatic carbocycles. The SMILES string of the molecule is COc1ccc(OC)c(CNc2cccc3nnn(C4CCC(=O)NC4=O)c(=O)c23)c1. The van der Waals surface area contributed by atoms with Gasteiger partial charge in [-0.3, -0.25) is 19.7 Å². The zero-order chi connectivity index (χ0) is 22.0. The summed E-state index contributed by atoms with van der Waals surface area (Å²) in [5.41, 5.74) is 1.33. The largest absolute Gasteiger partial charge is 0.497 e. The molecule has 10 heteroatoms. The maximum absolute atomic E-state index is 13.2. The average Bonchev–Trinajstić information content (AvgIpc) is 2.78. The Balaban J connectivity index is 1.70. The van der Waals surface area contributed by atoms with Crippen LogP contribution in [-0.2, 0) is 16.1 Å². The summed E-state index contributed by atoms with van der Waals surface area (Å²) in [6, 6.07) is 9.77. The van der Waals surface area contributed by atoms with Gasteiger partial charge in [-0.2, -0.15) is 4.68 Å². The molecule has 10 nitrogen and oxygen atoms in total. The number of methoxy groups -OCH3 is 2. The Hall–Kier alpha value is -3.95. The molecule has 1 aliphatic rings. The number of hydrogen-bond acceptors (Lipinski definition) is 8. The highest BCUT2D eigenvalue weighted by molar-refractivity contribution is 5.99. The minimum absolute atomic E-state index is 0.137. The third-order valence-electron chi connectivity index (χ3n) is 5.18. The van der Waals surface area contributed by atoms with E-state index in [4.69, 9.17) is 9.47 Å². The van der Waals surface area contributed by atoms with Crippen molar-refractivity contribution in [1.82, 2.24) is 20.3 Å². The maximum Gasteiger partial charge on any atom is 0.280 e. The Bertz CT molecular complexity index is 1220. The smallest absolute Gasteiger partial charge is 0.280 e. The van der Waals surface area contributed by atoms with Crippen LogP contribution in [0.15, 0.2) is 41.2 Å². The van der Waals surface area contributed by atoms with Crippen LogP contribution in [0.3, 0.4) is 0 Å². The lowest BCUT2D eigenvalue weighted by atomic mass is 10.1. The Morgan fingerprint density at radius 2 is 2.00 bits per heavy atom. The van der Waals surface area contributed by atoms with E-state index in [9.17, 15) is 14.4 Å². The number of benzene rings is 2. The summed E-state index contributed by atoms with van der Waals surface area (Å²) in [7, 11) is 3.16. The van der Waals surface area contributed by atoms with Crippen LogP contribution < -0.4 is 25.7 Å². The average molecular weight is 423 g/mol. The second-order valence-electron chi connectivity index (χ2n) is 7.04. The van der Waals surface area contributed by atoms with E-state index in [0.29, 0.717) is 34.6 Å². The summed E-state index contributed by atoms with van der Waals surface area (Å²) in [5.74, 6) is 0.437. The van der Waals surface area contributed by atoms with Crippen LogP contribution >= 0.6 is 0 Å². The van der Waals surface area contributed by atoms with Crippen LogP contribution in [-0.4, -0.2) is 41.0 Å². The minimum Gasteiger partial charge on any atom is -0.497 e. The molecule has 2 amide bonds. The molecule has 4 rings (SSSR count). The first kappa shape index (κ1) is 20.3. The molecule has 0 bridgehead atoms. The summed E-state index contributed by atoms with van der Waals surface area (Å²) in [6.07, 6.45) is 0.333. The second kappa shape index (κ2) is 8.42. The fraction of sp³-hybridized carbons (Fsp3) is 0.286. The van der Waals surface area contributed by atoms with Crippen molar-refractivity contribution < 1.29 is 19.1 Å². The van der Waals surface area contributed by atoms with Crippen molar-refractivity contribution in [2.75, 3.05) is 19.5 Å². The van der Waals surface area contributed by atoms with E-state index in [-0.39, 0.29) is 18.7 Å². The van der Waals surface area contributed by atoms with E-state index >= 15 is 0 Å². The summed E-state index contributed by atoms with van der Waals surface area (Å²) in [4.78, 5) is 36.9. The Labute approximate surface area is 177 Å². The van der Waals surface area contributed by atoms with Crippen molar-refractivity contribution in [3.8, 4) is 11.5 Å². The Kier molecular flexibility index (Phi) is 5.52. The fourth-order valence-electron chi connectivity index (χ4n) is 3.58. The van der Waals surface area contributed by atoms with Gasteiger partial charge in [0.15, 0.2) is 0 Å². The fourth-order valence-corrected chi connectivity index (χ4v) is 3.58. The lowest BCUT2D eigenvalue weighted by molar-refractivity contribution is -0.136. The van der Waals surface area contributed by atoms with Gasteiger partial charge < -0.3 is 14.8 Å². The van der Waals surface area contributed by atoms with Gasteiger partial charge in [0.2, 0.25) is 5.91 Å². The van der Waals surface area contributed by atoms with Crippen LogP contribution in [0.5, 0.6) is 11.5 Å². The predicted octanol–water partition coefficient (Wildman–Crippen LogP) is 1.40. The number of carbonyl (C=O) groups is 2. The van der Waals surface area contributed by atoms with Crippen LogP contribution in [0.2, 0.25) is 0 Å². The van der Waals surface area contributed by atoms with Gasteiger partial charge >= 0.3 is 0 Å².